The number of hydrogen-bond acceptors (Lipinski definition) is 3. The van der Waals surface area contributed by atoms with Crippen molar-refractivity contribution < 1.29 is 4.39 Å². The van der Waals surface area contributed by atoms with Gasteiger partial charge in [-0.1, -0.05) is 12.1 Å². The van der Waals surface area contributed by atoms with Crippen LogP contribution in [0.1, 0.15) is 29.4 Å². The Hall–Kier alpha value is -1.81. The Balaban J connectivity index is 1.65. The van der Waals surface area contributed by atoms with Crippen molar-refractivity contribution in [2.24, 2.45) is 0 Å². The average Bonchev–Trinajstić information content (AvgIpc) is 2.87. The Morgan fingerprint density at radius 1 is 1.35 bits per heavy atom. The number of likely N-dealkylation sites (tertiary alicyclic amines) is 1. The molecular weight excluding hydrogens is 253 g/mol. The fraction of sp³-hybridized carbons (Fsp3) is 0.375. The maximum atomic E-state index is 13.2. The Labute approximate surface area is 118 Å². The van der Waals surface area contributed by atoms with E-state index in [1.165, 1.54) is 6.07 Å². The van der Waals surface area contributed by atoms with Gasteiger partial charge in [0, 0.05) is 30.9 Å². The molecule has 0 radical (unpaired) electrons. The van der Waals surface area contributed by atoms with Crippen LogP contribution in [0.3, 0.4) is 0 Å². The van der Waals surface area contributed by atoms with Gasteiger partial charge in [0.1, 0.15) is 11.6 Å². The molecule has 3 nitrogen and oxygen atoms in total. The van der Waals surface area contributed by atoms with Crippen LogP contribution in [0.2, 0.25) is 0 Å². The van der Waals surface area contributed by atoms with Crippen molar-refractivity contribution in [3.8, 4) is 0 Å². The molecule has 0 aliphatic carbocycles. The summed E-state index contributed by atoms with van der Waals surface area (Å²) in [4.78, 5) is 11.2. The van der Waals surface area contributed by atoms with Gasteiger partial charge >= 0.3 is 0 Å². The molecule has 20 heavy (non-hydrogen) atoms. The average molecular weight is 271 g/mol. The number of aryl methyl sites for hydroxylation is 1. The van der Waals surface area contributed by atoms with Crippen LogP contribution in [0.4, 0.5) is 4.39 Å². The van der Waals surface area contributed by atoms with E-state index in [-0.39, 0.29) is 5.82 Å². The van der Waals surface area contributed by atoms with Crippen molar-refractivity contribution in [3.63, 3.8) is 0 Å². The summed E-state index contributed by atoms with van der Waals surface area (Å²) >= 11 is 0. The van der Waals surface area contributed by atoms with Gasteiger partial charge in [-0.2, -0.15) is 0 Å². The second-order valence-corrected chi connectivity index (χ2v) is 5.41. The molecule has 1 fully saturated rings. The number of aromatic nitrogens is 2. The summed E-state index contributed by atoms with van der Waals surface area (Å²) in [6.07, 6.45) is 2.89. The van der Waals surface area contributed by atoms with Crippen LogP contribution in [0.25, 0.3) is 0 Å². The summed E-state index contributed by atoms with van der Waals surface area (Å²) in [5.41, 5.74) is 2.04. The van der Waals surface area contributed by atoms with E-state index < -0.39 is 0 Å². The molecule has 0 saturated carbocycles. The lowest BCUT2D eigenvalue weighted by molar-refractivity contribution is 0.325. The standard InChI is InChI=1S/C16H18FN3/c1-12-5-7-18-16(19-12)14-6-8-20(11-14)10-13-3-2-4-15(17)9-13/h2-5,7,9,14H,6,8,10-11H2,1H3/t14-/m0/s1. The quantitative estimate of drug-likeness (QED) is 0.859. The lowest BCUT2D eigenvalue weighted by atomic mass is 10.1. The lowest BCUT2D eigenvalue weighted by Gasteiger charge is -2.15. The highest BCUT2D eigenvalue weighted by Crippen LogP contribution is 2.25. The van der Waals surface area contributed by atoms with Crippen LogP contribution in [-0.2, 0) is 6.54 Å². The zero-order valence-corrected chi connectivity index (χ0v) is 11.6. The van der Waals surface area contributed by atoms with E-state index in [4.69, 9.17) is 0 Å². The molecule has 0 bridgehead atoms. The van der Waals surface area contributed by atoms with E-state index in [1.807, 2.05) is 25.3 Å². The highest BCUT2D eigenvalue weighted by atomic mass is 19.1. The highest BCUT2D eigenvalue weighted by molar-refractivity contribution is 5.16. The molecule has 1 aliphatic rings. The molecule has 1 saturated heterocycles. The Morgan fingerprint density at radius 3 is 3.05 bits per heavy atom. The van der Waals surface area contributed by atoms with Gasteiger partial charge in [0.2, 0.25) is 0 Å². The minimum Gasteiger partial charge on any atom is -0.298 e. The Kier molecular flexibility index (Phi) is 3.74. The molecular formula is C16H18FN3. The van der Waals surface area contributed by atoms with Crippen LogP contribution in [-0.4, -0.2) is 28.0 Å². The number of hydrogen-bond donors (Lipinski definition) is 0. The fourth-order valence-electron chi connectivity index (χ4n) is 2.75. The SMILES string of the molecule is Cc1ccnc([C@H]2CCN(Cc3cccc(F)c3)C2)n1. The minimum absolute atomic E-state index is 0.166. The molecule has 2 heterocycles. The van der Waals surface area contributed by atoms with Crippen molar-refractivity contribution in [2.75, 3.05) is 13.1 Å². The highest BCUT2D eigenvalue weighted by Gasteiger charge is 2.25. The second kappa shape index (κ2) is 5.67. The van der Waals surface area contributed by atoms with Gasteiger partial charge in [-0.15, -0.1) is 0 Å². The molecule has 1 atom stereocenters. The molecule has 1 aliphatic heterocycles. The van der Waals surface area contributed by atoms with E-state index >= 15 is 0 Å². The third kappa shape index (κ3) is 3.02. The van der Waals surface area contributed by atoms with Gasteiger partial charge in [-0.25, -0.2) is 14.4 Å². The predicted molar refractivity (Wildman–Crippen MR) is 75.8 cm³/mol. The normalized spacial score (nSPS) is 19.4. The van der Waals surface area contributed by atoms with Crippen molar-refractivity contribution in [2.45, 2.75) is 25.8 Å². The van der Waals surface area contributed by atoms with Crippen LogP contribution >= 0.6 is 0 Å². The Bertz CT molecular complexity index is 600. The van der Waals surface area contributed by atoms with Crippen molar-refractivity contribution in [3.05, 3.63) is 59.4 Å². The summed E-state index contributed by atoms with van der Waals surface area (Å²) in [5.74, 6) is 1.16. The van der Waals surface area contributed by atoms with E-state index in [2.05, 4.69) is 14.9 Å². The zero-order chi connectivity index (χ0) is 13.9. The maximum Gasteiger partial charge on any atom is 0.132 e. The van der Waals surface area contributed by atoms with Gasteiger partial charge in [-0.05, 0) is 43.7 Å². The van der Waals surface area contributed by atoms with Crippen molar-refractivity contribution in [1.82, 2.24) is 14.9 Å². The van der Waals surface area contributed by atoms with E-state index in [0.29, 0.717) is 5.92 Å². The Morgan fingerprint density at radius 2 is 2.25 bits per heavy atom. The van der Waals surface area contributed by atoms with Gasteiger partial charge < -0.3 is 0 Å². The fourth-order valence-corrected chi connectivity index (χ4v) is 2.75. The van der Waals surface area contributed by atoms with Crippen LogP contribution < -0.4 is 0 Å². The first-order valence-corrected chi connectivity index (χ1v) is 6.97. The maximum absolute atomic E-state index is 13.2. The molecule has 1 aromatic carbocycles. The topological polar surface area (TPSA) is 29.0 Å². The van der Waals surface area contributed by atoms with Gasteiger partial charge in [0.15, 0.2) is 0 Å². The molecule has 3 rings (SSSR count). The second-order valence-electron chi connectivity index (χ2n) is 5.41. The smallest absolute Gasteiger partial charge is 0.132 e. The van der Waals surface area contributed by atoms with Crippen molar-refractivity contribution >= 4 is 0 Å². The summed E-state index contributed by atoms with van der Waals surface area (Å²) in [7, 11) is 0. The molecule has 2 aromatic rings. The first kappa shape index (κ1) is 13.2. The van der Waals surface area contributed by atoms with Crippen LogP contribution in [0, 0.1) is 12.7 Å². The molecule has 0 N–H and O–H groups in total. The first-order chi connectivity index (χ1) is 9.70. The summed E-state index contributed by atoms with van der Waals surface area (Å²) in [6, 6.07) is 8.75. The van der Waals surface area contributed by atoms with Crippen LogP contribution in [0.15, 0.2) is 36.5 Å². The zero-order valence-electron chi connectivity index (χ0n) is 11.6. The molecule has 4 heteroatoms. The molecule has 0 spiro atoms. The predicted octanol–water partition coefficient (Wildman–Crippen LogP) is 2.91. The third-order valence-electron chi connectivity index (χ3n) is 3.75. The molecule has 104 valence electrons. The van der Waals surface area contributed by atoms with Gasteiger partial charge in [-0.3, -0.25) is 4.90 Å². The monoisotopic (exact) mass is 271 g/mol. The summed E-state index contributed by atoms with van der Waals surface area (Å²) < 4.78 is 13.2. The molecule has 0 amide bonds. The number of halogens is 1. The van der Waals surface area contributed by atoms with Gasteiger partial charge in [0.05, 0.1) is 0 Å². The van der Waals surface area contributed by atoms with Crippen LogP contribution in [0.5, 0.6) is 0 Å². The first-order valence-electron chi connectivity index (χ1n) is 6.97. The lowest BCUT2D eigenvalue weighted by Crippen LogP contribution is -2.20. The minimum atomic E-state index is -0.166. The molecule has 1 aromatic heterocycles. The van der Waals surface area contributed by atoms with Gasteiger partial charge in [0.25, 0.3) is 0 Å². The van der Waals surface area contributed by atoms with E-state index in [1.54, 1.807) is 12.1 Å². The summed E-state index contributed by atoms with van der Waals surface area (Å²) in [5, 5.41) is 0. The number of nitrogens with zero attached hydrogens (tertiary/aromatic N) is 3. The number of rotatable bonds is 3. The number of benzene rings is 1. The van der Waals surface area contributed by atoms with Crippen molar-refractivity contribution in [1.29, 1.82) is 0 Å². The largest absolute Gasteiger partial charge is 0.298 e. The third-order valence-corrected chi connectivity index (χ3v) is 3.75. The summed E-state index contributed by atoms with van der Waals surface area (Å²) in [6.45, 7) is 4.74. The van der Waals surface area contributed by atoms with E-state index in [9.17, 15) is 4.39 Å². The molecule has 0 unspecified atom stereocenters. The van der Waals surface area contributed by atoms with E-state index in [0.717, 1.165) is 43.1 Å².